The van der Waals surface area contributed by atoms with E-state index < -0.39 is 70.6 Å². The number of fused-ring (bicyclic) bond motifs is 2. The molecule has 6 heterocycles. The number of aliphatic hydroxyl groups excluding tert-OH is 1. The molecule has 2 aliphatic heterocycles. The van der Waals surface area contributed by atoms with Gasteiger partial charge in [-0.25, -0.2) is 29.1 Å². The number of imidazole rings is 2. The van der Waals surface area contributed by atoms with Crippen LogP contribution in [0.1, 0.15) is 25.3 Å². The number of phosphoric ester groups is 2. The number of ether oxygens (including phenoxy) is 2. The number of aromatic amines is 1. The Morgan fingerprint density at radius 2 is 1.66 bits per heavy atom. The van der Waals surface area contributed by atoms with Gasteiger partial charge in [0, 0.05) is 18.8 Å². The first-order chi connectivity index (χ1) is 20.7. The molecule has 0 aliphatic carbocycles. The van der Waals surface area contributed by atoms with E-state index in [-0.39, 0.29) is 46.9 Å². The summed E-state index contributed by atoms with van der Waals surface area (Å²) in [5.41, 5.74) is 11.4. The van der Waals surface area contributed by atoms with Crippen LogP contribution in [0.2, 0.25) is 0 Å². The van der Waals surface area contributed by atoms with E-state index >= 15 is 0 Å². The number of rotatable bonds is 9. The summed E-state index contributed by atoms with van der Waals surface area (Å²) < 4.78 is 48.4. The number of phosphoric acid groups is 2. The largest absolute Gasteiger partial charge is 0.469 e. The maximum absolute atomic E-state index is 12.3. The van der Waals surface area contributed by atoms with Gasteiger partial charge in [-0.15, -0.1) is 0 Å². The average Bonchev–Trinajstić information content (AvgIpc) is 3.70. The first-order valence-electron chi connectivity index (χ1n) is 12.8. The number of nitrogen functional groups attached to an aromatic ring is 2. The molecule has 22 nitrogen and oxygen atoms in total. The van der Waals surface area contributed by atoms with Crippen LogP contribution >= 0.6 is 15.6 Å². The van der Waals surface area contributed by atoms with Gasteiger partial charge in [-0.1, -0.05) is 0 Å². The molecule has 0 bridgehead atoms. The molecule has 6 rings (SSSR count). The molecule has 2 aliphatic rings. The van der Waals surface area contributed by atoms with E-state index in [0.717, 1.165) is 0 Å². The number of nitrogens with two attached hydrogens (primary N) is 2. The van der Waals surface area contributed by atoms with Crippen molar-refractivity contribution in [3.05, 3.63) is 29.3 Å². The Kier molecular flexibility index (Phi) is 7.79. The van der Waals surface area contributed by atoms with Crippen molar-refractivity contribution in [3.8, 4) is 0 Å². The molecule has 0 amide bonds. The number of aromatic nitrogens is 8. The van der Waals surface area contributed by atoms with Crippen molar-refractivity contribution in [1.29, 1.82) is 0 Å². The van der Waals surface area contributed by atoms with Gasteiger partial charge in [0.2, 0.25) is 5.95 Å². The molecule has 7 atom stereocenters. The number of hydrogen-bond acceptors (Lipinski definition) is 15. The lowest BCUT2D eigenvalue weighted by atomic mass is 9.89. The van der Waals surface area contributed by atoms with Crippen LogP contribution in [0.4, 0.5) is 11.8 Å². The number of anilines is 2. The summed E-state index contributed by atoms with van der Waals surface area (Å²) in [7, 11) is -10.3. The summed E-state index contributed by atoms with van der Waals surface area (Å²) in [5, 5.41) is 11.1. The fraction of sp³-hybridized carbons (Fsp3) is 0.500. The van der Waals surface area contributed by atoms with E-state index in [9.17, 15) is 38.6 Å². The molecular weight excluding hydrogens is 634 g/mol. The first kappa shape index (κ1) is 30.6. The molecule has 24 heteroatoms. The van der Waals surface area contributed by atoms with Crippen molar-refractivity contribution in [1.82, 2.24) is 39.0 Å². The van der Waals surface area contributed by atoms with Crippen LogP contribution in [-0.2, 0) is 27.7 Å². The van der Waals surface area contributed by atoms with Gasteiger partial charge in [-0.2, -0.15) is 4.98 Å². The van der Waals surface area contributed by atoms with Crippen LogP contribution in [0.5, 0.6) is 0 Å². The van der Waals surface area contributed by atoms with Crippen LogP contribution in [0.25, 0.3) is 22.3 Å². The molecule has 0 saturated carbocycles. The SMILES string of the molecule is Nc1nc2c(ncn2C2CC(C(OP(=O)(O)O)C3OC(n4cnc5c(N)ncnc54)CC3O)C(COP(=O)(O)O)O2)c(=O)[nH]1. The molecule has 0 radical (unpaired) electrons. The Hall–Kier alpha value is -3.40. The van der Waals surface area contributed by atoms with Crippen molar-refractivity contribution in [2.75, 3.05) is 18.1 Å². The molecule has 0 aromatic carbocycles. The molecule has 7 unspecified atom stereocenters. The molecule has 238 valence electrons. The molecule has 4 aromatic heterocycles. The Labute approximate surface area is 244 Å². The molecule has 0 spiro atoms. The minimum Gasteiger partial charge on any atom is -0.390 e. The Bertz CT molecular complexity index is 1850. The van der Waals surface area contributed by atoms with E-state index in [4.69, 9.17) is 25.5 Å². The maximum Gasteiger partial charge on any atom is 0.469 e. The lowest BCUT2D eigenvalue weighted by Crippen LogP contribution is -2.45. The third-order valence-corrected chi connectivity index (χ3v) is 8.29. The second-order valence-corrected chi connectivity index (χ2v) is 12.5. The molecule has 2 fully saturated rings. The van der Waals surface area contributed by atoms with E-state index in [2.05, 4.69) is 34.4 Å². The van der Waals surface area contributed by atoms with Gasteiger partial charge < -0.3 is 45.6 Å². The highest BCUT2D eigenvalue weighted by molar-refractivity contribution is 7.46. The molecular formula is C20H26N10O12P2. The summed E-state index contributed by atoms with van der Waals surface area (Å²) >= 11 is 0. The van der Waals surface area contributed by atoms with Gasteiger partial charge in [0.1, 0.15) is 36.5 Å². The van der Waals surface area contributed by atoms with Crippen LogP contribution in [0.15, 0.2) is 23.8 Å². The summed E-state index contributed by atoms with van der Waals surface area (Å²) in [4.78, 5) is 73.3. The van der Waals surface area contributed by atoms with Crippen LogP contribution in [0, 0.1) is 5.92 Å². The number of H-pyrrole nitrogens is 1. The smallest absolute Gasteiger partial charge is 0.390 e. The lowest BCUT2D eigenvalue weighted by molar-refractivity contribution is -0.110. The minimum absolute atomic E-state index is 0.00415. The van der Waals surface area contributed by atoms with Crippen LogP contribution < -0.4 is 17.0 Å². The third-order valence-electron chi connectivity index (χ3n) is 7.29. The van der Waals surface area contributed by atoms with Crippen molar-refractivity contribution in [3.63, 3.8) is 0 Å². The monoisotopic (exact) mass is 660 g/mol. The average molecular weight is 660 g/mol. The summed E-state index contributed by atoms with van der Waals surface area (Å²) in [6, 6.07) is 0. The predicted octanol–water partition coefficient (Wildman–Crippen LogP) is -1.74. The third kappa shape index (κ3) is 5.97. The second kappa shape index (κ2) is 11.2. The fourth-order valence-corrected chi connectivity index (χ4v) is 6.45. The van der Waals surface area contributed by atoms with Crippen LogP contribution in [-0.4, -0.2) is 94.7 Å². The topological polar surface area (TPSA) is 331 Å². The summed E-state index contributed by atoms with van der Waals surface area (Å²) in [6.45, 7) is -0.760. The Morgan fingerprint density at radius 3 is 2.36 bits per heavy atom. The molecule has 2 saturated heterocycles. The Balaban J connectivity index is 1.35. The van der Waals surface area contributed by atoms with Gasteiger partial charge in [0.15, 0.2) is 22.6 Å². The zero-order valence-electron chi connectivity index (χ0n) is 22.2. The first-order valence-corrected chi connectivity index (χ1v) is 15.8. The Morgan fingerprint density at radius 1 is 0.977 bits per heavy atom. The van der Waals surface area contributed by atoms with Gasteiger partial charge in [0.25, 0.3) is 5.56 Å². The maximum atomic E-state index is 12.3. The molecule has 10 N–H and O–H groups in total. The second-order valence-electron chi connectivity index (χ2n) is 10.1. The lowest BCUT2D eigenvalue weighted by Gasteiger charge is -2.32. The zero-order chi connectivity index (χ0) is 31.6. The number of nitrogens with one attached hydrogen (secondary N) is 1. The summed E-state index contributed by atoms with van der Waals surface area (Å²) in [6.07, 6.45) is -4.21. The van der Waals surface area contributed by atoms with Gasteiger partial charge in [-0.05, 0) is 0 Å². The van der Waals surface area contributed by atoms with Gasteiger partial charge in [-0.3, -0.25) is 28.0 Å². The number of nitrogens with zero attached hydrogens (tertiary/aromatic N) is 7. The van der Waals surface area contributed by atoms with Crippen molar-refractivity contribution in [2.45, 2.75) is 49.7 Å². The van der Waals surface area contributed by atoms with Gasteiger partial charge >= 0.3 is 15.6 Å². The zero-order valence-corrected chi connectivity index (χ0v) is 24.0. The quantitative estimate of drug-likeness (QED) is 0.0923. The highest BCUT2D eigenvalue weighted by atomic mass is 31.2. The normalized spacial score (nSPS) is 27.0. The van der Waals surface area contributed by atoms with E-state index in [1.165, 1.54) is 28.1 Å². The van der Waals surface area contributed by atoms with Gasteiger partial charge in [0.05, 0.1) is 31.5 Å². The predicted molar refractivity (Wildman–Crippen MR) is 144 cm³/mol. The van der Waals surface area contributed by atoms with Crippen LogP contribution in [0.3, 0.4) is 0 Å². The number of aliphatic hydroxyl groups is 1. The highest BCUT2D eigenvalue weighted by Crippen LogP contribution is 2.49. The fourth-order valence-electron chi connectivity index (χ4n) is 5.52. The van der Waals surface area contributed by atoms with Crippen molar-refractivity contribution < 1.29 is 52.3 Å². The van der Waals surface area contributed by atoms with E-state index in [1.807, 2.05) is 0 Å². The molecule has 4 aromatic rings. The standard InChI is InChI=1S/C20H26N10O12P2/c21-16-12-17(24-4-23-16)29(5-25-12)11-2-8(31)15(41-11)14(42-44(36,37)38)7-1-10(40-9(7)3-39-43(33,34)35)30-6-26-13-18(30)27-20(22)28-19(13)32/h4-11,14-15,31H,1-3H2,(H2,21,23,24)(H2,33,34,35)(H2,36,37,38)(H3,22,27,28,32). The minimum atomic E-state index is -5.28. The van der Waals surface area contributed by atoms with Crippen molar-refractivity contribution >= 4 is 49.7 Å². The molecule has 44 heavy (non-hydrogen) atoms. The van der Waals surface area contributed by atoms with E-state index in [0.29, 0.717) is 0 Å². The highest BCUT2D eigenvalue weighted by Gasteiger charge is 2.52. The van der Waals surface area contributed by atoms with E-state index in [1.54, 1.807) is 0 Å². The number of hydrogen-bond donors (Lipinski definition) is 8. The summed E-state index contributed by atoms with van der Waals surface area (Å²) in [5.74, 6) is -1.26. The van der Waals surface area contributed by atoms with Crippen molar-refractivity contribution in [2.24, 2.45) is 5.92 Å².